The van der Waals surface area contributed by atoms with Crippen molar-refractivity contribution < 1.29 is 18.8 Å². The molecule has 2 aromatic carbocycles. The Morgan fingerprint density at radius 3 is 1.90 bits per heavy atom. The zero-order valence-electron chi connectivity index (χ0n) is 25.5. The van der Waals surface area contributed by atoms with Crippen LogP contribution in [0.1, 0.15) is 102 Å². The van der Waals surface area contributed by atoms with E-state index in [-0.39, 0.29) is 18.5 Å². The van der Waals surface area contributed by atoms with E-state index in [1.165, 1.54) is 81.8 Å². The summed E-state index contributed by atoms with van der Waals surface area (Å²) in [5, 5.41) is 0. The van der Waals surface area contributed by atoms with Crippen molar-refractivity contribution in [2.45, 2.75) is 104 Å². The lowest BCUT2D eigenvalue weighted by atomic mass is 10.0. The van der Waals surface area contributed by atoms with Crippen LogP contribution in [0.5, 0.6) is 5.75 Å². The molecule has 0 fully saturated rings. The summed E-state index contributed by atoms with van der Waals surface area (Å²) in [5.41, 5.74) is 2.65. The number of unbranched alkanes of at least 4 members (excludes halogenated alkanes) is 10. The quantitative estimate of drug-likeness (QED) is 0.0854. The van der Waals surface area contributed by atoms with Gasteiger partial charge in [0.1, 0.15) is 31.4 Å². The van der Waals surface area contributed by atoms with Gasteiger partial charge >= 0.3 is 5.97 Å². The largest absolute Gasteiger partial charge is 0.490 e. The first-order valence-electron chi connectivity index (χ1n) is 15.7. The maximum absolute atomic E-state index is 12.7. The molecule has 4 heteroatoms. The average Bonchev–Trinajstić information content (AvgIpc) is 2.93. The van der Waals surface area contributed by atoms with Crippen LogP contribution in [0.4, 0.5) is 0 Å². The molecule has 2 aromatic rings. The summed E-state index contributed by atoms with van der Waals surface area (Å²) in [6, 6.07) is 18.8. The van der Waals surface area contributed by atoms with Crippen LogP contribution in [0.2, 0.25) is 0 Å². The van der Waals surface area contributed by atoms with Crippen molar-refractivity contribution in [1.82, 2.24) is 0 Å². The van der Waals surface area contributed by atoms with Gasteiger partial charge in [-0.1, -0.05) is 121 Å². The number of nitrogens with zero attached hydrogens (tertiary/aromatic N) is 1. The average molecular weight is 539 g/mol. The van der Waals surface area contributed by atoms with Crippen LogP contribution in [0.15, 0.2) is 54.6 Å². The molecule has 218 valence electrons. The molecule has 2 rings (SSSR count). The number of benzene rings is 2. The molecule has 0 aromatic heterocycles. The zero-order valence-corrected chi connectivity index (χ0v) is 25.5. The van der Waals surface area contributed by atoms with Gasteiger partial charge in [0.05, 0.1) is 20.6 Å². The smallest absolute Gasteiger partial charge is 0.314 e. The number of quaternary nitrogens is 1. The summed E-state index contributed by atoms with van der Waals surface area (Å²) >= 11 is 0. The number of esters is 1. The highest BCUT2D eigenvalue weighted by Gasteiger charge is 2.28. The number of ether oxygens (including phenoxy) is 2. The Kier molecular flexibility index (Phi) is 16.6. The zero-order chi connectivity index (χ0) is 28.2. The van der Waals surface area contributed by atoms with Gasteiger partial charge in [-0.05, 0) is 37.0 Å². The third-order valence-corrected chi connectivity index (χ3v) is 7.58. The highest BCUT2D eigenvalue weighted by Crippen LogP contribution is 2.18. The van der Waals surface area contributed by atoms with Gasteiger partial charge < -0.3 is 14.0 Å². The van der Waals surface area contributed by atoms with Crippen molar-refractivity contribution in [1.29, 1.82) is 0 Å². The minimum Gasteiger partial charge on any atom is -0.490 e. The summed E-state index contributed by atoms with van der Waals surface area (Å²) in [7, 11) is 4.35. The van der Waals surface area contributed by atoms with Gasteiger partial charge in [0.25, 0.3) is 0 Å². The number of carbonyl (C=O) groups excluding carboxylic acids is 1. The summed E-state index contributed by atoms with van der Waals surface area (Å²) in [4.78, 5) is 12.7. The van der Waals surface area contributed by atoms with E-state index in [2.05, 4.69) is 64.3 Å². The number of hydrogen-bond donors (Lipinski definition) is 0. The molecule has 0 amide bonds. The van der Waals surface area contributed by atoms with Gasteiger partial charge in [-0.3, -0.25) is 4.79 Å². The van der Waals surface area contributed by atoms with Gasteiger partial charge in [-0.15, -0.1) is 0 Å². The molecule has 0 N–H and O–H groups in total. The molecule has 0 radical (unpaired) electrons. The molecule has 0 saturated heterocycles. The van der Waals surface area contributed by atoms with Crippen molar-refractivity contribution in [2.75, 3.05) is 33.9 Å². The molecule has 0 aliphatic heterocycles. The molecule has 0 saturated carbocycles. The van der Waals surface area contributed by atoms with Gasteiger partial charge in [0, 0.05) is 5.56 Å². The molecule has 4 nitrogen and oxygen atoms in total. The Balaban J connectivity index is 1.56. The summed E-state index contributed by atoms with van der Waals surface area (Å²) in [6.45, 7) is 6.64. The first-order chi connectivity index (χ1) is 18.9. The van der Waals surface area contributed by atoms with E-state index in [4.69, 9.17) is 9.47 Å². The van der Waals surface area contributed by atoms with E-state index in [9.17, 15) is 4.79 Å². The fourth-order valence-electron chi connectivity index (χ4n) is 5.27. The number of aryl methyl sites for hydroxylation is 1. The molecule has 0 aliphatic carbocycles. The van der Waals surface area contributed by atoms with E-state index in [1.54, 1.807) is 0 Å². The Bertz CT molecular complexity index is 879. The first-order valence-corrected chi connectivity index (χ1v) is 15.7. The lowest BCUT2D eigenvalue weighted by Crippen LogP contribution is -2.44. The van der Waals surface area contributed by atoms with Gasteiger partial charge in [-0.25, -0.2) is 0 Å². The summed E-state index contributed by atoms with van der Waals surface area (Å²) in [6.07, 6.45) is 17.0. The molecule has 0 heterocycles. The Hall–Kier alpha value is -2.33. The van der Waals surface area contributed by atoms with E-state index < -0.39 is 0 Å². The number of rotatable bonds is 22. The third-order valence-electron chi connectivity index (χ3n) is 7.58. The predicted molar refractivity (Wildman–Crippen MR) is 164 cm³/mol. The first kappa shape index (κ1) is 32.9. The van der Waals surface area contributed by atoms with Crippen LogP contribution < -0.4 is 4.74 Å². The molecule has 0 spiro atoms. The normalized spacial score (nSPS) is 12.3. The van der Waals surface area contributed by atoms with Crippen LogP contribution in [0, 0.1) is 5.92 Å². The number of hydrogen-bond acceptors (Lipinski definition) is 3. The standard InChI is InChI=1S/C35H56NO3/c1-5-7-8-9-10-11-12-13-14-15-17-20-31-23-25-34(26-24-31)38-27-28-39-35(37)33(6-2)30-36(3,4)29-32-21-18-16-19-22-32/h16,18-19,21-26,33H,5-15,17,20,27-30H2,1-4H3/q+1. The van der Waals surface area contributed by atoms with Gasteiger partial charge in [0.2, 0.25) is 0 Å². The molecule has 1 unspecified atom stereocenters. The van der Waals surface area contributed by atoms with E-state index in [1.807, 2.05) is 18.2 Å². The second kappa shape index (κ2) is 19.7. The predicted octanol–water partition coefficient (Wildman–Crippen LogP) is 8.76. The van der Waals surface area contributed by atoms with Crippen LogP contribution in [-0.4, -0.2) is 44.3 Å². The van der Waals surface area contributed by atoms with Crippen molar-refractivity contribution in [3.05, 3.63) is 65.7 Å². The van der Waals surface area contributed by atoms with Crippen molar-refractivity contribution >= 4 is 5.97 Å². The second-order valence-electron chi connectivity index (χ2n) is 11.8. The van der Waals surface area contributed by atoms with Gasteiger partial charge in [0.15, 0.2) is 0 Å². The maximum Gasteiger partial charge on any atom is 0.314 e. The molecular weight excluding hydrogens is 482 g/mol. The van der Waals surface area contributed by atoms with Crippen molar-refractivity contribution in [3.63, 3.8) is 0 Å². The van der Waals surface area contributed by atoms with E-state index in [0.29, 0.717) is 6.61 Å². The van der Waals surface area contributed by atoms with Gasteiger partial charge in [-0.2, -0.15) is 0 Å². The van der Waals surface area contributed by atoms with Crippen LogP contribution in [0.25, 0.3) is 0 Å². The fraction of sp³-hybridized carbons (Fsp3) is 0.629. The second-order valence-corrected chi connectivity index (χ2v) is 11.8. The lowest BCUT2D eigenvalue weighted by Gasteiger charge is -2.32. The fourth-order valence-corrected chi connectivity index (χ4v) is 5.27. The highest BCUT2D eigenvalue weighted by atomic mass is 16.6. The molecular formula is C35H56NO3+. The Morgan fingerprint density at radius 2 is 1.31 bits per heavy atom. The Morgan fingerprint density at radius 1 is 0.718 bits per heavy atom. The summed E-state index contributed by atoms with van der Waals surface area (Å²) in [5.74, 6) is 0.600. The SMILES string of the molecule is CCCCCCCCCCCCCc1ccc(OCCOC(=O)C(CC)C[N+](C)(C)Cc2ccccc2)cc1. The molecule has 0 bridgehead atoms. The highest BCUT2D eigenvalue weighted by molar-refractivity contribution is 5.72. The van der Waals surface area contributed by atoms with E-state index in [0.717, 1.165) is 36.2 Å². The minimum absolute atomic E-state index is 0.112. The Labute approximate surface area is 239 Å². The minimum atomic E-state index is -0.123. The summed E-state index contributed by atoms with van der Waals surface area (Å²) < 4.78 is 12.2. The van der Waals surface area contributed by atoms with Crippen LogP contribution in [-0.2, 0) is 22.5 Å². The number of carbonyl (C=O) groups is 1. The molecule has 0 aliphatic rings. The van der Waals surface area contributed by atoms with E-state index >= 15 is 0 Å². The van der Waals surface area contributed by atoms with Crippen LogP contribution in [0.3, 0.4) is 0 Å². The third kappa shape index (κ3) is 15.1. The maximum atomic E-state index is 12.7. The van der Waals surface area contributed by atoms with Crippen LogP contribution >= 0.6 is 0 Å². The lowest BCUT2D eigenvalue weighted by molar-refractivity contribution is -0.906. The van der Waals surface area contributed by atoms with Crippen molar-refractivity contribution in [2.24, 2.45) is 5.92 Å². The monoisotopic (exact) mass is 538 g/mol. The molecule has 1 atom stereocenters. The topological polar surface area (TPSA) is 35.5 Å². The molecule has 39 heavy (non-hydrogen) atoms. The van der Waals surface area contributed by atoms with Crippen molar-refractivity contribution in [3.8, 4) is 5.75 Å².